The summed E-state index contributed by atoms with van der Waals surface area (Å²) in [6.07, 6.45) is 4.60. The second-order valence-electron chi connectivity index (χ2n) is 11.1. The Morgan fingerprint density at radius 1 is 1.00 bits per heavy atom. The second kappa shape index (κ2) is 14.2. The molecular formula is C32H33Cl2N3O6S. The predicted molar refractivity (Wildman–Crippen MR) is 169 cm³/mol. The molecule has 0 spiro atoms. The van der Waals surface area contributed by atoms with Crippen LogP contribution in [0.4, 0.5) is 0 Å². The molecule has 5 rings (SSSR count). The van der Waals surface area contributed by atoms with Gasteiger partial charge in [0.1, 0.15) is 0 Å². The minimum absolute atomic E-state index is 0.000485. The molecule has 0 bridgehead atoms. The maximum absolute atomic E-state index is 14.3. The number of aliphatic carboxylic acids is 1. The zero-order chi connectivity index (χ0) is 31.4. The molecule has 3 aromatic carbocycles. The largest absolute Gasteiger partial charge is 0.481 e. The minimum atomic E-state index is -1.32. The molecule has 1 heterocycles. The van der Waals surface area contributed by atoms with E-state index in [4.69, 9.17) is 33.1 Å². The number of hydrogen-bond donors (Lipinski definition) is 3. The van der Waals surface area contributed by atoms with Gasteiger partial charge in [-0.05, 0) is 53.3 Å². The molecule has 3 aromatic rings. The summed E-state index contributed by atoms with van der Waals surface area (Å²) in [5.41, 5.74) is 5.38. The third-order valence-electron chi connectivity index (χ3n) is 8.10. The van der Waals surface area contributed by atoms with E-state index in [0.29, 0.717) is 44.3 Å². The first-order valence-electron chi connectivity index (χ1n) is 14.3. The van der Waals surface area contributed by atoms with Crippen molar-refractivity contribution in [3.05, 3.63) is 105 Å². The van der Waals surface area contributed by atoms with Gasteiger partial charge in [0, 0.05) is 33.9 Å². The fourth-order valence-corrected chi connectivity index (χ4v) is 7.55. The number of benzene rings is 3. The lowest BCUT2D eigenvalue weighted by Gasteiger charge is -2.49. The monoisotopic (exact) mass is 657 g/mol. The van der Waals surface area contributed by atoms with E-state index in [1.54, 1.807) is 77.9 Å². The molecule has 2 amide bonds. The van der Waals surface area contributed by atoms with Crippen LogP contribution >= 0.6 is 23.2 Å². The van der Waals surface area contributed by atoms with Gasteiger partial charge >= 0.3 is 5.97 Å². The molecule has 0 radical (unpaired) electrons. The van der Waals surface area contributed by atoms with E-state index in [9.17, 15) is 18.6 Å². The highest BCUT2D eigenvalue weighted by Crippen LogP contribution is 2.47. The number of nitrogens with one attached hydrogen (secondary N) is 2. The Balaban J connectivity index is 1.53. The van der Waals surface area contributed by atoms with Gasteiger partial charge in [-0.1, -0.05) is 84.6 Å². The van der Waals surface area contributed by atoms with E-state index >= 15 is 0 Å². The van der Waals surface area contributed by atoms with Crippen molar-refractivity contribution in [2.24, 2.45) is 0 Å². The summed E-state index contributed by atoms with van der Waals surface area (Å²) in [4.78, 5) is 47.0. The molecular weight excluding hydrogens is 625 g/mol. The zero-order valence-corrected chi connectivity index (χ0v) is 26.3. The molecule has 1 aliphatic carbocycles. The molecule has 5 atom stereocenters. The number of carboxylic acid groups (broad SMARTS) is 1. The average molecular weight is 659 g/mol. The van der Waals surface area contributed by atoms with E-state index in [1.165, 1.54) is 0 Å². The lowest BCUT2D eigenvalue weighted by atomic mass is 9.76. The number of fused-ring (bicyclic) bond motifs is 1. The molecule has 1 fully saturated rings. The number of hydroxylamine groups is 1. The van der Waals surface area contributed by atoms with Crippen LogP contribution in [0.25, 0.3) is 0 Å². The summed E-state index contributed by atoms with van der Waals surface area (Å²) in [6, 6.07) is 17.5. The summed E-state index contributed by atoms with van der Waals surface area (Å²) in [5, 5.41) is 9.86. The van der Waals surface area contributed by atoms with Crippen molar-refractivity contribution in [1.29, 1.82) is 0 Å². The number of nitrogens with zero attached hydrogens (tertiary/aromatic N) is 1. The van der Waals surface area contributed by atoms with Crippen LogP contribution < -0.4 is 10.2 Å². The summed E-state index contributed by atoms with van der Waals surface area (Å²) in [7, 11) is -1.32. The maximum atomic E-state index is 14.3. The third-order valence-corrected chi connectivity index (χ3v) is 9.30. The van der Waals surface area contributed by atoms with Crippen LogP contribution in [-0.2, 0) is 38.4 Å². The molecule has 2 unspecified atom stereocenters. The van der Waals surface area contributed by atoms with Gasteiger partial charge in [-0.2, -0.15) is 0 Å². The van der Waals surface area contributed by atoms with E-state index < -0.39 is 34.8 Å². The van der Waals surface area contributed by atoms with Crippen molar-refractivity contribution in [2.45, 2.75) is 62.8 Å². The first kappa shape index (κ1) is 32.1. The Bertz CT molecular complexity index is 1590. The van der Waals surface area contributed by atoms with Gasteiger partial charge in [0.15, 0.2) is 0 Å². The number of carbonyl (C=O) groups excluding carboxylic acids is 2. The molecule has 9 nitrogen and oxygen atoms in total. The first-order chi connectivity index (χ1) is 21.1. The Morgan fingerprint density at radius 2 is 1.75 bits per heavy atom. The van der Waals surface area contributed by atoms with E-state index in [1.807, 2.05) is 0 Å². The number of hydrogen-bond acceptors (Lipinski definition) is 5. The second-order valence-corrected chi connectivity index (χ2v) is 13.1. The van der Waals surface area contributed by atoms with Crippen LogP contribution in [0.3, 0.4) is 0 Å². The molecule has 0 saturated heterocycles. The number of rotatable bonds is 10. The van der Waals surface area contributed by atoms with Crippen molar-refractivity contribution < 1.29 is 28.5 Å². The molecule has 3 N–H and O–H groups in total. The maximum Gasteiger partial charge on any atom is 0.307 e. The highest BCUT2D eigenvalue weighted by Gasteiger charge is 2.49. The molecule has 1 saturated carbocycles. The normalized spacial score (nSPS) is 22.2. The zero-order valence-electron chi connectivity index (χ0n) is 24.0. The van der Waals surface area contributed by atoms with Gasteiger partial charge in [-0.3, -0.25) is 19.2 Å². The molecule has 1 aliphatic heterocycles. The smallest absolute Gasteiger partial charge is 0.307 e. The molecule has 2 aliphatic rings. The Morgan fingerprint density at radius 3 is 2.50 bits per heavy atom. The Labute approximate surface area is 268 Å². The van der Waals surface area contributed by atoms with Gasteiger partial charge in [0.05, 0.1) is 36.0 Å². The van der Waals surface area contributed by atoms with Crippen LogP contribution in [-0.4, -0.2) is 50.3 Å². The fraction of sp³-hybridized carbons (Fsp3) is 0.344. The lowest BCUT2D eigenvalue weighted by molar-refractivity contribution is -0.138. The van der Waals surface area contributed by atoms with E-state index in [2.05, 4.69) is 10.2 Å². The summed E-state index contributed by atoms with van der Waals surface area (Å²) in [5.74, 6) is -2.57. The molecule has 232 valence electrons. The first-order valence-corrected chi connectivity index (χ1v) is 16.6. The van der Waals surface area contributed by atoms with Gasteiger partial charge in [0.25, 0.3) is 11.8 Å². The van der Waals surface area contributed by atoms with Crippen LogP contribution in [0, 0.1) is 0 Å². The summed E-state index contributed by atoms with van der Waals surface area (Å²) < 4.78 is 15.4. The number of amides is 2. The van der Waals surface area contributed by atoms with Crippen LogP contribution in [0.2, 0.25) is 10.0 Å². The molecule has 44 heavy (non-hydrogen) atoms. The number of carbonyl (C=O) groups is 3. The van der Waals surface area contributed by atoms with Crippen LogP contribution in [0.1, 0.15) is 70.3 Å². The van der Waals surface area contributed by atoms with Crippen molar-refractivity contribution in [2.75, 3.05) is 6.26 Å². The lowest BCUT2D eigenvalue weighted by Crippen LogP contribution is -2.58. The van der Waals surface area contributed by atoms with Gasteiger partial charge < -0.3 is 10.0 Å². The van der Waals surface area contributed by atoms with Crippen molar-refractivity contribution in [1.82, 2.24) is 15.1 Å². The standard InChI is InChI=1S/C32H33Cl2N3O6S/c1-44(42)36-26-11-4-5-12-27(26)37-30(24-14-13-21(33)17-25(24)34)29(22-9-2-3-10-23(22)32(37)41)31(40)35-43-18-20-8-6-7-19(15-20)16-28(38)39/h2-3,6-10,13-15,17,26-27,29-30,36H,4-5,11-12,16,18H2,1H3,(H,35,40)(H,38,39)/t26-,27?,29+,30-,44?/m0/s1. The Hall–Kier alpha value is -3.28. The van der Waals surface area contributed by atoms with Crippen LogP contribution in [0.15, 0.2) is 66.7 Å². The van der Waals surface area contributed by atoms with Crippen molar-refractivity contribution >= 4 is 52.0 Å². The highest BCUT2D eigenvalue weighted by atomic mass is 35.5. The Kier molecular flexibility index (Phi) is 10.4. The van der Waals surface area contributed by atoms with Crippen LogP contribution in [0.5, 0.6) is 0 Å². The van der Waals surface area contributed by atoms with Gasteiger partial charge in [-0.15, -0.1) is 0 Å². The SMILES string of the molecule is CS(=O)N[C@H]1CCCCC1N1C(=O)c2ccccc2[C@@H](C(=O)NOCc2cccc(CC(=O)O)c2)[C@@H]1c1ccc(Cl)cc1Cl. The topological polar surface area (TPSA) is 125 Å². The van der Waals surface area contributed by atoms with Gasteiger partial charge in [0.2, 0.25) is 0 Å². The van der Waals surface area contributed by atoms with Crippen molar-refractivity contribution in [3.8, 4) is 0 Å². The number of carboxylic acids is 1. The summed E-state index contributed by atoms with van der Waals surface area (Å²) >= 11 is 13.0. The summed E-state index contributed by atoms with van der Waals surface area (Å²) in [6.45, 7) is -0.000485. The van der Waals surface area contributed by atoms with Gasteiger partial charge in [-0.25, -0.2) is 14.4 Å². The van der Waals surface area contributed by atoms with E-state index in [0.717, 1.165) is 19.3 Å². The third kappa shape index (κ3) is 7.16. The van der Waals surface area contributed by atoms with Crippen molar-refractivity contribution in [3.63, 3.8) is 0 Å². The average Bonchev–Trinajstić information content (AvgIpc) is 2.97. The quantitative estimate of drug-likeness (QED) is 0.253. The minimum Gasteiger partial charge on any atom is -0.481 e. The number of halogens is 2. The highest BCUT2D eigenvalue weighted by molar-refractivity contribution is 7.82. The fourth-order valence-electron chi connectivity index (χ4n) is 6.32. The van der Waals surface area contributed by atoms with E-state index in [-0.39, 0.29) is 31.0 Å². The molecule has 12 heteroatoms. The predicted octanol–water partition coefficient (Wildman–Crippen LogP) is 5.34. The molecule has 0 aromatic heterocycles.